The lowest BCUT2D eigenvalue weighted by molar-refractivity contribution is -0.122. The molecule has 0 radical (unpaired) electrons. The number of rotatable bonds is 4. The van der Waals surface area contributed by atoms with E-state index < -0.39 is 0 Å². The van der Waals surface area contributed by atoms with Gasteiger partial charge in [0.2, 0.25) is 0 Å². The molecular formula is C21H30O. The highest BCUT2D eigenvalue weighted by molar-refractivity contribution is 5.28. The fraction of sp³-hybridized carbons (Fsp3) is 0.714. The third kappa shape index (κ3) is 2.33. The minimum atomic E-state index is -0.244. The molecule has 0 spiro atoms. The van der Waals surface area contributed by atoms with E-state index in [2.05, 4.69) is 38.1 Å². The van der Waals surface area contributed by atoms with Gasteiger partial charge in [-0.3, -0.25) is 0 Å². The summed E-state index contributed by atoms with van der Waals surface area (Å²) < 4.78 is 0. The number of hydrogen-bond acceptors (Lipinski definition) is 1. The first-order valence-corrected chi connectivity index (χ1v) is 9.37. The lowest BCUT2D eigenvalue weighted by Crippen LogP contribution is -2.48. The number of aliphatic hydroxyl groups is 1. The van der Waals surface area contributed by atoms with Crippen molar-refractivity contribution in [3.63, 3.8) is 0 Å². The van der Waals surface area contributed by atoms with E-state index in [1.165, 1.54) is 50.5 Å². The number of hydrogen-bond donors (Lipinski definition) is 1. The molecule has 0 aliphatic heterocycles. The van der Waals surface area contributed by atoms with Gasteiger partial charge in [-0.05, 0) is 79.7 Å². The standard InChI is InChI=1S/C21H30O/c1-3-14(2)18-4-6-19(7-5-18)20(22)21-11-15-8-16(12-21)10-17(9-15)13-21/h4-7,14-17,20,22H,3,8-13H2,1-2H3. The third-order valence-corrected chi connectivity index (χ3v) is 7.10. The zero-order chi connectivity index (χ0) is 15.3. The van der Waals surface area contributed by atoms with Crippen molar-refractivity contribution in [2.24, 2.45) is 23.2 Å². The molecule has 1 nitrogen and oxygen atoms in total. The molecule has 5 rings (SSSR count). The lowest BCUT2D eigenvalue weighted by atomic mass is 9.47. The highest BCUT2D eigenvalue weighted by Gasteiger charge is 2.54. The monoisotopic (exact) mass is 298 g/mol. The largest absolute Gasteiger partial charge is 0.388 e. The van der Waals surface area contributed by atoms with Crippen LogP contribution in [0.15, 0.2) is 24.3 Å². The molecular weight excluding hydrogens is 268 g/mol. The fourth-order valence-corrected chi connectivity index (χ4v) is 6.11. The van der Waals surface area contributed by atoms with Gasteiger partial charge >= 0.3 is 0 Å². The number of benzene rings is 1. The predicted molar refractivity (Wildman–Crippen MR) is 90.7 cm³/mol. The van der Waals surface area contributed by atoms with Crippen LogP contribution in [0.4, 0.5) is 0 Å². The van der Waals surface area contributed by atoms with Crippen molar-refractivity contribution in [1.82, 2.24) is 0 Å². The third-order valence-electron chi connectivity index (χ3n) is 7.10. The van der Waals surface area contributed by atoms with Crippen LogP contribution in [0.25, 0.3) is 0 Å². The van der Waals surface area contributed by atoms with Crippen LogP contribution in [0.2, 0.25) is 0 Å². The normalized spacial score (nSPS) is 39.0. The van der Waals surface area contributed by atoms with Crippen LogP contribution in [-0.2, 0) is 0 Å². The van der Waals surface area contributed by atoms with Gasteiger partial charge in [0.05, 0.1) is 6.10 Å². The van der Waals surface area contributed by atoms with E-state index in [-0.39, 0.29) is 11.5 Å². The molecule has 4 aliphatic carbocycles. The van der Waals surface area contributed by atoms with Crippen molar-refractivity contribution >= 4 is 0 Å². The van der Waals surface area contributed by atoms with Gasteiger partial charge in [-0.25, -0.2) is 0 Å². The van der Waals surface area contributed by atoms with Gasteiger partial charge in [0, 0.05) is 5.41 Å². The van der Waals surface area contributed by atoms with Gasteiger partial charge in [0.1, 0.15) is 0 Å². The van der Waals surface area contributed by atoms with E-state index in [1.807, 2.05) is 0 Å². The van der Waals surface area contributed by atoms with Gasteiger partial charge in [0.15, 0.2) is 0 Å². The summed E-state index contributed by atoms with van der Waals surface area (Å²) in [6.07, 6.45) is 9.08. The van der Waals surface area contributed by atoms with Gasteiger partial charge in [-0.2, -0.15) is 0 Å². The Balaban J connectivity index is 1.57. The average Bonchev–Trinajstić information content (AvgIpc) is 2.52. The molecule has 1 aromatic rings. The van der Waals surface area contributed by atoms with Crippen LogP contribution in [0, 0.1) is 23.2 Å². The van der Waals surface area contributed by atoms with Gasteiger partial charge in [-0.15, -0.1) is 0 Å². The molecule has 4 bridgehead atoms. The molecule has 1 N–H and O–H groups in total. The van der Waals surface area contributed by atoms with Crippen molar-refractivity contribution in [2.75, 3.05) is 0 Å². The van der Waals surface area contributed by atoms with E-state index in [1.54, 1.807) is 0 Å². The van der Waals surface area contributed by atoms with Crippen LogP contribution < -0.4 is 0 Å². The Hall–Kier alpha value is -0.820. The maximum Gasteiger partial charge on any atom is 0.0846 e. The average molecular weight is 298 g/mol. The van der Waals surface area contributed by atoms with E-state index in [0.717, 1.165) is 23.3 Å². The van der Waals surface area contributed by atoms with E-state index in [4.69, 9.17) is 0 Å². The molecule has 4 aliphatic rings. The Bertz CT molecular complexity index is 494. The molecule has 1 heteroatoms. The Morgan fingerprint density at radius 1 is 0.955 bits per heavy atom. The second-order valence-electron chi connectivity index (χ2n) is 8.66. The van der Waals surface area contributed by atoms with Gasteiger partial charge < -0.3 is 5.11 Å². The van der Waals surface area contributed by atoms with Crippen LogP contribution in [-0.4, -0.2) is 5.11 Å². The summed E-state index contributed by atoms with van der Waals surface area (Å²) in [5.74, 6) is 3.33. The zero-order valence-electron chi connectivity index (χ0n) is 14.1. The Kier molecular flexibility index (Phi) is 3.60. The van der Waals surface area contributed by atoms with E-state index >= 15 is 0 Å². The first-order valence-electron chi connectivity index (χ1n) is 9.37. The zero-order valence-corrected chi connectivity index (χ0v) is 14.1. The van der Waals surface area contributed by atoms with Gasteiger partial charge in [0.25, 0.3) is 0 Å². The second kappa shape index (κ2) is 5.37. The summed E-state index contributed by atoms with van der Waals surface area (Å²) >= 11 is 0. The smallest absolute Gasteiger partial charge is 0.0846 e. The molecule has 0 saturated heterocycles. The summed E-state index contributed by atoms with van der Waals surface area (Å²) in [6, 6.07) is 8.88. The maximum absolute atomic E-state index is 11.2. The summed E-state index contributed by atoms with van der Waals surface area (Å²) in [6.45, 7) is 4.52. The minimum Gasteiger partial charge on any atom is -0.388 e. The Labute approximate surface area is 135 Å². The first kappa shape index (κ1) is 14.8. The molecule has 2 unspecified atom stereocenters. The summed E-state index contributed by atoms with van der Waals surface area (Å²) in [7, 11) is 0. The van der Waals surface area contributed by atoms with Crippen LogP contribution >= 0.6 is 0 Å². The van der Waals surface area contributed by atoms with E-state index in [9.17, 15) is 5.11 Å². The van der Waals surface area contributed by atoms with Crippen molar-refractivity contribution in [3.05, 3.63) is 35.4 Å². The molecule has 4 saturated carbocycles. The highest BCUT2D eigenvalue weighted by atomic mass is 16.3. The van der Waals surface area contributed by atoms with Crippen LogP contribution in [0.5, 0.6) is 0 Å². The molecule has 2 atom stereocenters. The SMILES string of the molecule is CCC(C)c1ccc(C(O)C23CC4CC(CC(C4)C2)C3)cc1. The topological polar surface area (TPSA) is 20.2 Å². The predicted octanol–water partition coefficient (Wildman–Crippen LogP) is 5.45. The summed E-state index contributed by atoms with van der Waals surface area (Å²) in [4.78, 5) is 0. The van der Waals surface area contributed by atoms with Crippen LogP contribution in [0.1, 0.15) is 81.9 Å². The Morgan fingerprint density at radius 3 is 1.86 bits per heavy atom. The van der Waals surface area contributed by atoms with Crippen LogP contribution in [0.3, 0.4) is 0 Å². The maximum atomic E-state index is 11.2. The van der Waals surface area contributed by atoms with Crippen molar-refractivity contribution < 1.29 is 5.11 Å². The molecule has 22 heavy (non-hydrogen) atoms. The van der Waals surface area contributed by atoms with Crippen molar-refractivity contribution in [2.45, 2.75) is 70.8 Å². The minimum absolute atomic E-state index is 0.201. The van der Waals surface area contributed by atoms with Crippen molar-refractivity contribution in [3.8, 4) is 0 Å². The molecule has 4 fully saturated rings. The van der Waals surface area contributed by atoms with Gasteiger partial charge in [-0.1, -0.05) is 38.1 Å². The quantitative estimate of drug-likeness (QED) is 0.783. The summed E-state index contributed by atoms with van der Waals surface area (Å²) in [5, 5.41) is 11.2. The molecule has 1 aromatic carbocycles. The molecule has 0 amide bonds. The van der Waals surface area contributed by atoms with E-state index in [0.29, 0.717) is 5.92 Å². The molecule has 120 valence electrons. The summed E-state index contributed by atoms with van der Waals surface area (Å²) in [5.41, 5.74) is 2.77. The second-order valence-corrected chi connectivity index (χ2v) is 8.66. The van der Waals surface area contributed by atoms with Crippen molar-refractivity contribution in [1.29, 1.82) is 0 Å². The first-order chi connectivity index (χ1) is 10.6. The molecule has 0 heterocycles. The molecule has 0 aromatic heterocycles. The number of aliphatic hydroxyl groups excluding tert-OH is 1. The lowest BCUT2D eigenvalue weighted by Gasteiger charge is -2.58. The highest BCUT2D eigenvalue weighted by Crippen LogP contribution is 2.64. The Morgan fingerprint density at radius 2 is 1.41 bits per heavy atom. The fourth-order valence-electron chi connectivity index (χ4n) is 6.11.